The summed E-state index contributed by atoms with van der Waals surface area (Å²) < 4.78 is 11.4. The molecule has 0 fully saturated rings. The van der Waals surface area contributed by atoms with Gasteiger partial charge < -0.3 is 15.2 Å². The zero-order valence-electron chi connectivity index (χ0n) is 15.1. The number of benzene rings is 3. The molecule has 0 bridgehead atoms. The van der Waals surface area contributed by atoms with Crippen LogP contribution in [0.1, 0.15) is 22.9 Å². The highest BCUT2D eigenvalue weighted by molar-refractivity contribution is 5.92. The molecule has 0 radical (unpaired) electrons. The number of nitrogens with zero attached hydrogens (tertiary/aromatic N) is 3. The molecule has 0 amide bonds. The summed E-state index contributed by atoms with van der Waals surface area (Å²) in [5, 5.41) is 16.6. The van der Waals surface area contributed by atoms with Crippen molar-refractivity contribution in [2.75, 3.05) is 7.11 Å². The number of allylic oxidation sites excluding steroid dienone is 1. The van der Waals surface area contributed by atoms with Crippen molar-refractivity contribution >= 4 is 16.3 Å². The van der Waals surface area contributed by atoms with E-state index in [0.717, 1.165) is 33.4 Å². The first-order valence-electron chi connectivity index (χ1n) is 8.83. The Labute approximate surface area is 160 Å². The Morgan fingerprint density at radius 2 is 1.86 bits per heavy atom. The lowest BCUT2D eigenvalue weighted by Gasteiger charge is -2.29. The Morgan fingerprint density at radius 1 is 1.04 bits per heavy atom. The Kier molecular flexibility index (Phi) is 3.72. The quantitative estimate of drug-likeness (QED) is 0.574. The molecule has 0 saturated heterocycles. The van der Waals surface area contributed by atoms with Gasteiger partial charge in [0.15, 0.2) is 5.88 Å². The Balaban J connectivity index is 1.77. The molecule has 7 nitrogen and oxygen atoms in total. The average Bonchev–Trinajstić information content (AvgIpc) is 3.27. The van der Waals surface area contributed by atoms with Crippen LogP contribution in [0, 0.1) is 0 Å². The van der Waals surface area contributed by atoms with Gasteiger partial charge in [-0.3, -0.25) is 0 Å². The molecule has 28 heavy (non-hydrogen) atoms. The molecule has 0 saturated carbocycles. The smallest absolute Gasteiger partial charge is 0.206 e. The maximum atomic E-state index is 6.37. The van der Waals surface area contributed by atoms with Crippen LogP contribution in [0.5, 0.6) is 11.5 Å². The molecule has 3 N–H and O–H groups in total. The van der Waals surface area contributed by atoms with E-state index in [1.807, 2.05) is 42.5 Å². The highest BCUT2D eigenvalue weighted by Gasteiger charge is 2.34. The first-order chi connectivity index (χ1) is 13.8. The number of aromatic amines is 1. The zero-order valence-corrected chi connectivity index (χ0v) is 15.1. The van der Waals surface area contributed by atoms with E-state index in [-0.39, 0.29) is 11.8 Å². The minimum Gasteiger partial charge on any atom is -0.497 e. The number of tetrazole rings is 1. The van der Waals surface area contributed by atoms with Crippen molar-refractivity contribution in [1.82, 2.24) is 20.6 Å². The predicted octanol–water partition coefficient (Wildman–Crippen LogP) is 3.21. The van der Waals surface area contributed by atoms with Gasteiger partial charge >= 0.3 is 0 Å². The van der Waals surface area contributed by atoms with Gasteiger partial charge in [-0.25, -0.2) is 0 Å². The maximum absolute atomic E-state index is 6.37. The second-order valence-corrected chi connectivity index (χ2v) is 6.53. The second kappa shape index (κ2) is 6.38. The van der Waals surface area contributed by atoms with Crippen LogP contribution in [0.2, 0.25) is 0 Å². The summed E-state index contributed by atoms with van der Waals surface area (Å²) in [7, 11) is 1.65. The fourth-order valence-electron chi connectivity index (χ4n) is 3.72. The molecule has 0 aliphatic carbocycles. The normalized spacial score (nSPS) is 16.0. The number of methoxy groups -OCH3 is 1. The van der Waals surface area contributed by atoms with E-state index in [4.69, 9.17) is 15.2 Å². The SMILES string of the molecule is COc1ccc(C2C(c3nn[nH]n3)=C(N)Oc3c2ccc2ccccc32)cc1. The third-order valence-corrected chi connectivity index (χ3v) is 5.02. The third kappa shape index (κ3) is 2.48. The summed E-state index contributed by atoms with van der Waals surface area (Å²) in [4.78, 5) is 0. The van der Waals surface area contributed by atoms with Gasteiger partial charge in [-0.2, -0.15) is 5.21 Å². The van der Waals surface area contributed by atoms with Gasteiger partial charge in [0.05, 0.1) is 12.7 Å². The van der Waals surface area contributed by atoms with Crippen LogP contribution in [-0.4, -0.2) is 27.7 Å². The van der Waals surface area contributed by atoms with Crippen LogP contribution in [0.15, 0.2) is 66.5 Å². The van der Waals surface area contributed by atoms with E-state index in [1.165, 1.54) is 0 Å². The van der Waals surface area contributed by atoms with Crippen LogP contribution in [0.25, 0.3) is 16.3 Å². The summed E-state index contributed by atoms with van der Waals surface area (Å²) in [5.41, 5.74) is 9.08. The van der Waals surface area contributed by atoms with Gasteiger partial charge in [0.2, 0.25) is 5.82 Å². The fraction of sp³-hybridized carbons (Fsp3) is 0.0952. The number of nitrogens with one attached hydrogen (secondary N) is 1. The number of H-pyrrole nitrogens is 1. The minimum absolute atomic E-state index is 0.197. The van der Waals surface area contributed by atoms with Crippen LogP contribution in [0.4, 0.5) is 0 Å². The molecule has 4 aromatic rings. The molecule has 1 aromatic heterocycles. The number of ether oxygens (including phenoxy) is 2. The van der Waals surface area contributed by atoms with Crippen molar-refractivity contribution in [2.45, 2.75) is 5.92 Å². The number of rotatable bonds is 3. The van der Waals surface area contributed by atoms with E-state index in [1.54, 1.807) is 7.11 Å². The number of hydrogen-bond acceptors (Lipinski definition) is 6. The molecule has 3 aromatic carbocycles. The van der Waals surface area contributed by atoms with Crippen LogP contribution in [-0.2, 0) is 0 Å². The van der Waals surface area contributed by atoms with E-state index >= 15 is 0 Å². The lowest BCUT2D eigenvalue weighted by Crippen LogP contribution is -2.21. The highest BCUT2D eigenvalue weighted by atomic mass is 16.5. The number of hydrogen-bond donors (Lipinski definition) is 2. The molecular weight excluding hydrogens is 354 g/mol. The minimum atomic E-state index is -0.197. The first kappa shape index (κ1) is 16.3. The summed E-state index contributed by atoms with van der Waals surface area (Å²) in [5.74, 6) is 2.02. The van der Waals surface area contributed by atoms with E-state index in [0.29, 0.717) is 11.4 Å². The molecule has 0 spiro atoms. The van der Waals surface area contributed by atoms with Crippen molar-refractivity contribution in [3.8, 4) is 11.5 Å². The molecule has 138 valence electrons. The first-order valence-corrected chi connectivity index (χ1v) is 8.83. The average molecular weight is 371 g/mol. The highest BCUT2D eigenvalue weighted by Crippen LogP contribution is 2.48. The number of nitrogens with two attached hydrogens (primary N) is 1. The maximum Gasteiger partial charge on any atom is 0.206 e. The topological polar surface area (TPSA) is 98.9 Å². The molecule has 1 unspecified atom stereocenters. The van der Waals surface area contributed by atoms with Gasteiger partial charge in [-0.1, -0.05) is 48.5 Å². The monoisotopic (exact) mass is 371 g/mol. The van der Waals surface area contributed by atoms with Crippen molar-refractivity contribution in [3.63, 3.8) is 0 Å². The fourth-order valence-corrected chi connectivity index (χ4v) is 3.72. The van der Waals surface area contributed by atoms with Crippen LogP contribution >= 0.6 is 0 Å². The van der Waals surface area contributed by atoms with Crippen molar-refractivity contribution in [3.05, 3.63) is 83.5 Å². The largest absolute Gasteiger partial charge is 0.497 e. The standard InChI is InChI=1S/C21H17N5O2/c1-27-14-9-6-13(7-10-14)17-16-11-8-12-4-2-3-5-15(12)19(16)28-20(22)18(17)21-23-25-26-24-21/h2-11,17H,22H2,1H3,(H,23,24,25,26). The lowest BCUT2D eigenvalue weighted by molar-refractivity contribution is 0.408. The molecule has 5 rings (SSSR count). The van der Waals surface area contributed by atoms with E-state index in [9.17, 15) is 0 Å². The van der Waals surface area contributed by atoms with E-state index < -0.39 is 0 Å². The number of fused-ring (bicyclic) bond motifs is 3. The van der Waals surface area contributed by atoms with Gasteiger partial charge in [0, 0.05) is 16.9 Å². The Morgan fingerprint density at radius 3 is 2.61 bits per heavy atom. The summed E-state index contributed by atoms with van der Waals surface area (Å²) in [6.07, 6.45) is 0. The van der Waals surface area contributed by atoms with Crippen molar-refractivity contribution in [2.24, 2.45) is 5.73 Å². The summed E-state index contributed by atoms with van der Waals surface area (Å²) in [6, 6.07) is 20.1. The van der Waals surface area contributed by atoms with Crippen molar-refractivity contribution in [1.29, 1.82) is 0 Å². The predicted molar refractivity (Wildman–Crippen MR) is 105 cm³/mol. The third-order valence-electron chi connectivity index (χ3n) is 5.02. The molecule has 1 aliphatic heterocycles. The molecule has 7 heteroatoms. The molecule has 2 heterocycles. The lowest BCUT2D eigenvalue weighted by atomic mass is 9.81. The second-order valence-electron chi connectivity index (χ2n) is 6.53. The van der Waals surface area contributed by atoms with Crippen LogP contribution < -0.4 is 15.2 Å². The van der Waals surface area contributed by atoms with Gasteiger partial charge in [0.1, 0.15) is 11.5 Å². The van der Waals surface area contributed by atoms with Gasteiger partial charge in [-0.15, -0.1) is 10.2 Å². The Hall–Kier alpha value is -3.87. The van der Waals surface area contributed by atoms with Crippen LogP contribution in [0.3, 0.4) is 0 Å². The van der Waals surface area contributed by atoms with E-state index in [2.05, 4.69) is 38.8 Å². The summed E-state index contributed by atoms with van der Waals surface area (Å²) >= 11 is 0. The number of aromatic nitrogens is 4. The van der Waals surface area contributed by atoms with Gasteiger partial charge in [0.25, 0.3) is 0 Å². The Bertz CT molecular complexity index is 1180. The van der Waals surface area contributed by atoms with Gasteiger partial charge in [-0.05, 0) is 28.3 Å². The molecule has 1 atom stereocenters. The zero-order chi connectivity index (χ0) is 19.1. The summed E-state index contributed by atoms with van der Waals surface area (Å²) in [6.45, 7) is 0. The molecule has 1 aliphatic rings. The molecular formula is C21H17N5O2. The van der Waals surface area contributed by atoms with Crippen molar-refractivity contribution < 1.29 is 9.47 Å².